The quantitative estimate of drug-likeness (QED) is 0.565. The first-order chi connectivity index (χ1) is 7.84. The van der Waals surface area contributed by atoms with Crippen LogP contribution in [-0.4, -0.2) is 0 Å². The lowest BCUT2D eigenvalue weighted by atomic mass is 10.5. The van der Waals surface area contributed by atoms with Crippen molar-refractivity contribution in [2.75, 3.05) is 0 Å². The maximum Gasteiger partial charge on any atom is 0.538 e. The van der Waals surface area contributed by atoms with Gasteiger partial charge >= 0.3 is 8.25 Å². The van der Waals surface area contributed by atoms with Gasteiger partial charge in [0, 0.05) is 33.7 Å². The van der Waals surface area contributed by atoms with Crippen LogP contribution in [0.4, 0.5) is 0 Å². The van der Waals surface area contributed by atoms with Gasteiger partial charge < -0.3 is 0 Å². The minimum absolute atomic E-state index is 1.34. The lowest BCUT2D eigenvalue weighted by molar-refractivity contribution is -0.883. The van der Waals surface area contributed by atoms with E-state index in [9.17, 15) is 4.57 Å². The molecule has 5 nitrogen and oxygen atoms in total. The summed E-state index contributed by atoms with van der Waals surface area (Å²) in [6.45, 7) is 0. The van der Waals surface area contributed by atoms with Gasteiger partial charge in [-0.05, 0) is 0 Å². The normalized spacial score (nSPS) is 10.1. The Bertz CT molecular complexity index is 421. The number of hydrogen-bond donors (Lipinski definition) is 0. The molecule has 0 atom stereocenters. The zero-order valence-electron chi connectivity index (χ0n) is 8.39. The second kappa shape index (κ2) is 5.28. The molecule has 0 N–H and O–H groups in total. The van der Waals surface area contributed by atoms with E-state index < -0.39 is 8.25 Å². The van der Waals surface area contributed by atoms with Gasteiger partial charge in [-0.15, -0.1) is 0 Å². The minimum atomic E-state index is -2.62. The molecule has 0 amide bonds. The summed E-state index contributed by atoms with van der Waals surface area (Å²) in [5.41, 5.74) is 0. The van der Waals surface area contributed by atoms with Crippen molar-refractivity contribution < 1.29 is 23.3 Å². The molecule has 0 bridgehead atoms. The fraction of sp³-hybridized carbons (Fsp3) is 0. The van der Waals surface area contributed by atoms with Gasteiger partial charge in [-0.2, -0.15) is 9.25 Å². The van der Waals surface area contributed by atoms with Crippen LogP contribution < -0.4 is 18.7 Å². The molecule has 0 radical (unpaired) electrons. The second-order valence-corrected chi connectivity index (χ2v) is 3.77. The third-order valence-electron chi connectivity index (χ3n) is 1.74. The van der Waals surface area contributed by atoms with Gasteiger partial charge in [-0.1, -0.05) is 12.1 Å². The Balaban J connectivity index is 1.95. The summed E-state index contributed by atoms with van der Waals surface area (Å²) in [5.74, 6) is 0. The minimum Gasteiger partial charge on any atom is -0.224 e. The maximum absolute atomic E-state index is 11.5. The molecule has 2 heterocycles. The molecule has 2 aromatic heterocycles. The molecule has 0 aromatic carbocycles. The summed E-state index contributed by atoms with van der Waals surface area (Å²) in [4.78, 5) is 0. The van der Waals surface area contributed by atoms with Gasteiger partial charge in [0.1, 0.15) is 0 Å². The number of nitrogens with zero attached hydrogens (tertiary/aromatic N) is 2. The summed E-state index contributed by atoms with van der Waals surface area (Å²) >= 11 is 0. The summed E-state index contributed by atoms with van der Waals surface area (Å²) in [5, 5.41) is 0. The highest BCUT2D eigenvalue weighted by atomic mass is 31.1. The average molecular weight is 238 g/mol. The summed E-state index contributed by atoms with van der Waals surface area (Å²) in [6, 6.07) is 10.7. The van der Waals surface area contributed by atoms with Crippen molar-refractivity contribution in [3.05, 3.63) is 61.2 Å². The van der Waals surface area contributed by atoms with Crippen molar-refractivity contribution >= 4 is 8.25 Å². The first-order valence-electron chi connectivity index (χ1n) is 4.68. The zero-order chi connectivity index (χ0) is 11.2. The lowest BCUT2D eigenvalue weighted by Gasteiger charge is -1.95. The van der Waals surface area contributed by atoms with Crippen LogP contribution >= 0.6 is 8.25 Å². The molecule has 0 saturated heterocycles. The molecule has 0 aliphatic heterocycles. The molecule has 6 heteroatoms. The van der Waals surface area contributed by atoms with Gasteiger partial charge in [0.25, 0.3) is 0 Å². The van der Waals surface area contributed by atoms with Crippen LogP contribution in [-0.2, 0) is 4.57 Å². The first-order valence-corrected chi connectivity index (χ1v) is 5.90. The SMILES string of the molecule is O=[PH](O[n+]1ccccc1)O[n+]1ccccc1. The van der Waals surface area contributed by atoms with Gasteiger partial charge in [0.2, 0.25) is 24.8 Å². The Morgan fingerprint density at radius 2 is 1.06 bits per heavy atom. The van der Waals surface area contributed by atoms with Gasteiger partial charge in [0.05, 0.1) is 0 Å². The number of rotatable bonds is 4. The monoisotopic (exact) mass is 238 g/mol. The van der Waals surface area contributed by atoms with Gasteiger partial charge in [0.15, 0.2) is 0 Å². The zero-order valence-corrected chi connectivity index (χ0v) is 9.39. The van der Waals surface area contributed by atoms with E-state index in [0.29, 0.717) is 0 Å². The van der Waals surface area contributed by atoms with Gasteiger partial charge in [-0.25, -0.2) is 4.57 Å². The second-order valence-electron chi connectivity index (χ2n) is 2.90. The fourth-order valence-corrected chi connectivity index (χ4v) is 1.70. The third kappa shape index (κ3) is 3.07. The van der Waals surface area contributed by atoms with Crippen LogP contribution in [0.5, 0.6) is 0 Å². The van der Waals surface area contributed by atoms with Gasteiger partial charge in [-0.3, -0.25) is 0 Å². The molecule has 16 heavy (non-hydrogen) atoms. The summed E-state index contributed by atoms with van der Waals surface area (Å²) in [7, 11) is -2.62. The van der Waals surface area contributed by atoms with Crippen LogP contribution in [0.25, 0.3) is 0 Å². The van der Waals surface area contributed by atoms with Crippen molar-refractivity contribution in [3.63, 3.8) is 0 Å². The molecule has 0 saturated carbocycles. The molecular formula is C10H11N2O3P+2. The number of hydrogen-bond acceptors (Lipinski definition) is 3. The summed E-state index contributed by atoms with van der Waals surface area (Å²) < 4.78 is 24.2. The van der Waals surface area contributed by atoms with Crippen molar-refractivity contribution in [1.82, 2.24) is 0 Å². The van der Waals surface area contributed by atoms with E-state index in [4.69, 9.17) is 9.25 Å². The van der Waals surface area contributed by atoms with E-state index in [1.54, 1.807) is 49.1 Å². The van der Waals surface area contributed by atoms with E-state index in [-0.39, 0.29) is 0 Å². The highest BCUT2D eigenvalue weighted by molar-refractivity contribution is 7.33. The summed E-state index contributed by atoms with van der Waals surface area (Å²) in [6.07, 6.45) is 6.56. The van der Waals surface area contributed by atoms with E-state index in [1.807, 2.05) is 12.1 Å². The molecule has 2 aromatic rings. The third-order valence-corrected chi connectivity index (χ3v) is 2.46. The predicted molar refractivity (Wildman–Crippen MR) is 55.4 cm³/mol. The Kier molecular flexibility index (Phi) is 3.51. The molecular weight excluding hydrogens is 227 g/mol. The Morgan fingerprint density at radius 3 is 1.44 bits per heavy atom. The topological polar surface area (TPSA) is 43.3 Å². The van der Waals surface area contributed by atoms with Crippen LogP contribution in [0.2, 0.25) is 0 Å². The Morgan fingerprint density at radius 1 is 0.688 bits per heavy atom. The van der Waals surface area contributed by atoms with Crippen LogP contribution in [0.1, 0.15) is 0 Å². The Hall–Kier alpha value is -1.87. The number of aromatic nitrogens is 2. The molecule has 2 rings (SSSR count). The highest BCUT2D eigenvalue weighted by Crippen LogP contribution is 2.08. The Labute approximate surface area is 93.4 Å². The standard InChI is InChI=1S/C10H11N2O3P/c13-16(14-11-7-3-1-4-8-11)15-12-9-5-2-6-10-12/h1-10,16H/q+2. The van der Waals surface area contributed by atoms with Crippen LogP contribution in [0, 0.1) is 0 Å². The van der Waals surface area contributed by atoms with Crippen molar-refractivity contribution in [3.8, 4) is 0 Å². The van der Waals surface area contributed by atoms with Crippen molar-refractivity contribution in [2.45, 2.75) is 0 Å². The van der Waals surface area contributed by atoms with E-state index >= 15 is 0 Å². The maximum atomic E-state index is 11.5. The smallest absolute Gasteiger partial charge is 0.224 e. The van der Waals surface area contributed by atoms with Crippen LogP contribution in [0.3, 0.4) is 0 Å². The van der Waals surface area contributed by atoms with Crippen molar-refractivity contribution in [2.24, 2.45) is 0 Å². The van der Waals surface area contributed by atoms with E-state index in [0.717, 1.165) is 0 Å². The average Bonchev–Trinajstić information content (AvgIpc) is 2.31. The number of pyridine rings is 2. The lowest BCUT2D eigenvalue weighted by Crippen LogP contribution is -2.44. The van der Waals surface area contributed by atoms with E-state index in [1.165, 1.54) is 9.46 Å². The van der Waals surface area contributed by atoms with E-state index in [2.05, 4.69) is 0 Å². The molecule has 0 unspecified atom stereocenters. The molecule has 82 valence electrons. The van der Waals surface area contributed by atoms with Crippen LogP contribution in [0.15, 0.2) is 61.2 Å². The fourth-order valence-electron chi connectivity index (χ4n) is 1.08. The van der Waals surface area contributed by atoms with Crippen molar-refractivity contribution in [1.29, 1.82) is 0 Å². The first kappa shape index (κ1) is 10.6. The highest BCUT2D eigenvalue weighted by Gasteiger charge is 2.13. The molecule has 0 aliphatic carbocycles. The molecule has 0 aliphatic rings. The molecule has 0 fully saturated rings. The molecule has 0 spiro atoms. The largest absolute Gasteiger partial charge is 0.538 e. The predicted octanol–water partition coefficient (Wildman–Crippen LogP) is 0.209.